The first kappa shape index (κ1) is 12.6. The van der Waals surface area contributed by atoms with Gasteiger partial charge in [-0.2, -0.15) is 0 Å². The van der Waals surface area contributed by atoms with Crippen LogP contribution in [0.2, 0.25) is 0 Å². The number of hydroxylamine groups is 1. The number of hydrogen-bond acceptors (Lipinski definition) is 5. The SMILES string of the molecule is CC(C)(C)ONC(=O)Cn1cc(CN)nn1. The molecule has 1 amide bonds. The fourth-order valence-electron chi connectivity index (χ4n) is 0.899. The molecule has 0 atom stereocenters. The van der Waals surface area contributed by atoms with E-state index in [4.69, 9.17) is 10.6 Å². The Bertz CT molecular complexity index is 355. The van der Waals surface area contributed by atoms with E-state index in [1.165, 1.54) is 4.68 Å². The highest BCUT2D eigenvalue weighted by Crippen LogP contribution is 2.03. The predicted octanol–water partition coefficient (Wildman–Crippen LogP) is -0.417. The molecule has 0 radical (unpaired) electrons. The summed E-state index contributed by atoms with van der Waals surface area (Å²) in [4.78, 5) is 16.5. The second-order valence-corrected chi connectivity index (χ2v) is 4.35. The molecule has 0 bridgehead atoms. The van der Waals surface area contributed by atoms with Crippen LogP contribution in [0.25, 0.3) is 0 Å². The molecular weight excluding hydrogens is 210 g/mol. The lowest BCUT2D eigenvalue weighted by Crippen LogP contribution is -2.35. The van der Waals surface area contributed by atoms with E-state index >= 15 is 0 Å². The Balaban J connectivity index is 2.40. The number of nitrogens with zero attached hydrogens (tertiary/aromatic N) is 3. The highest BCUT2D eigenvalue weighted by Gasteiger charge is 2.13. The smallest absolute Gasteiger partial charge is 0.265 e. The van der Waals surface area contributed by atoms with Gasteiger partial charge in [0.15, 0.2) is 0 Å². The maximum absolute atomic E-state index is 11.4. The Labute approximate surface area is 93.9 Å². The van der Waals surface area contributed by atoms with Gasteiger partial charge in [-0.3, -0.25) is 9.63 Å². The van der Waals surface area contributed by atoms with Gasteiger partial charge in [0.2, 0.25) is 0 Å². The van der Waals surface area contributed by atoms with Gasteiger partial charge in [0.1, 0.15) is 6.54 Å². The summed E-state index contributed by atoms with van der Waals surface area (Å²) in [5.41, 5.74) is 7.94. The van der Waals surface area contributed by atoms with E-state index in [2.05, 4.69) is 15.8 Å². The van der Waals surface area contributed by atoms with Crippen LogP contribution in [-0.4, -0.2) is 26.5 Å². The summed E-state index contributed by atoms with van der Waals surface area (Å²) in [6.45, 7) is 5.89. The Morgan fingerprint density at radius 2 is 2.31 bits per heavy atom. The van der Waals surface area contributed by atoms with Gasteiger partial charge in [-0.15, -0.1) is 5.10 Å². The van der Waals surface area contributed by atoms with Crippen LogP contribution in [0.4, 0.5) is 0 Å². The van der Waals surface area contributed by atoms with Crippen LogP contribution in [0.15, 0.2) is 6.20 Å². The Kier molecular flexibility index (Phi) is 3.97. The molecule has 0 saturated heterocycles. The van der Waals surface area contributed by atoms with E-state index in [1.807, 2.05) is 20.8 Å². The van der Waals surface area contributed by atoms with Crippen LogP contribution in [0, 0.1) is 0 Å². The normalized spacial score (nSPS) is 11.5. The van der Waals surface area contributed by atoms with Gasteiger partial charge < -0.3 is 5.73 Å². The third-order valence-electron chi connectivity index (χ3n) is 1.57. The summed E-state index contributed by atoms with van der Waals surface area (Å²) in [5.74, 6) is -0.289. The van der Waals surface area contributed by atoms with Gasteiger partial charge in [-0.25, -0.2) is 10.2 Å². The number of hydrogen-bond donors (Lipinski definition) is 2. The van der Waals surface area contributed by atoms with Gasteiger partial charge in [0, 0.05) is 6.54 Å². The van der Waals surface area contributed by atoms with Crippen molar-refractivity contribution in [3.63, 3.8) is 0 Å². The molecule has 0 spiro atoms. The standard InChI is InChI=1S/C9H17N5O2/c1-9(2,3)16-12-8(15)6-14-5-7(4-10)11-13-14/h5H,4,6,10H2,1-3H3,(H,12,15). The van der Waals surface area contributed by atoms with E-state index in [0.29, 0.717) is 12.2 Å². The maximum atomic E-state index is 11.4. The van der Waals surface area contributed by atoms with Crippen molar-refractivity contribution in [1.29, 1.82) is 0 Å². The Morgan fingerprint density at radius 3 is 2.81 bits per heavy atom. The number of carbonyl (C=O) groups excluding carboxylic acids is 1. The zero-order chi connectivity index (χ0) is 12.2. The second-order valence-electron chi connectivity index (χ2n) is 4.35. The maximum Gasteiger partial charge on any atom is 0.265 e. The Hall–Kier alpha value is -1.47. The summed E-state index contributed by atoms with van der Waals surface area (Å²) in [7, 11) is 0. The average Bonchev–Trinajstić information content (AvgIpc) is 2.61. The molecule has 0 unspecified atom stereocenters. The predicted molar refractivity (Wildman–Crippen MR) is 56.9 cm³/mol. The van der Waals surface area contributed by atoms with Gasteiger partial charge in [0.05, 0.1) is 17.5 Å². The van der Waals surface area contributed by atoms with E-state index in [1.54, 1.807) is 6.20 Å². The quantitative estimate of drug-likeness (QED) is 0.681. The van der Waals surface area contributed by atoms with Crippen molar-refractivity contribution in [3.05, 3.63) is 11.9 Å². The monoisotopic (exact) mass is 227 g/mol. The molecule has 1 aromatic rings. The minimum absolute atomic E-state index is 0.0586. The number of carbonyl (C=O) groups is 1. The first-order valence-corrected chi connectivity index (χ1v) is 4.96. The number of rotatable bonds is 4. The molecule has 0 fully saturated rings. The second kappa shape index (κ2) is 5.04. The van der Waals surface area contributed by atoms with E-state index < -0.39 is 5.60 Å². The lowest BCUT2D eigenvalue weighted by molar-refractivity contribution is -0.146. The van der Waals surface area contributed by atoms with Crippen molar-refractivity contribution in [2.75, 3.05) is 0 Å². The minimum Gasteiger partial charge on any atom is -0.325 e. The van der Waals surface area contributed by atoms with Crippen molar-refractivity contribution in [2.24, 2.45) is 5.73 Å². The number of aromatic nitrogens is 3. The number of nitrogens with one attached hydrogen (secondary N) is 1. The molecule has 0 saturated carbocycles. The highest BCUT2D eigenvalue weighted by atomic mass is 16.7. The van der Waals surface area contributed by atoms with Crippen molar-refractivity contribution < 1.29 is 9.63 Å². The summed E-state index contributed by atoms with van der Waals surface area (Å²) in [5, 5.41) is 7.51. The minimum atomic E-state index is -0.416. The summed E-state index contributed by atoms with van der Waals surface area (Å²) in [6, 6.07) is 0. The van der Waals surface area contributed by atoms with Crippen molar-refractivity contribution in [3.8, 4) is 0 Å². The van der Waals surface area contributed by atoms with Gasteiger partial charge in [-0.05, 0) is 20.8 Å². The van der Waals surface area contributed by atoms with Gasteiger partial charge >= 0.3 is 0 Å². The van der Waals surface area contributed by atoms with Crippen LogP contribution in [0.1, 0.15) is 26.5 Å². The lowest BCUT2D eigenvalue weighted by atomic mass is 10.2. The van der Waals surface area contributed by atoms with Crippen molar-refractivity contribution in [2.45, 2.75) is 39.5 Å². The molecule has 90 valence electrons. The van der Waals surface area contributed by atoms with Crippen molar-refractivity contribution in [1.82, 2.24) is 20.5 Å². The molecule has 1 rings (SSSR count). The zero-order valence-electron chi connectivity index (χ0n) is 9.73. The molecule has 1 aromatic heterocycles. The molecule has 7 nitrogen and oxygen atoms in total. The van der Waals surface area contributed by atoms with E-state index in [9.17, 15) is 4.79 Å². The largest absolute Gasteiger partial charge is 0.325 e. The molecule has 0 aliphatic carbocycles. The molecule has 0 aliphatic rings. The summed E-state index contributed by atoms with van der Waals surface area (Å²) < 4.78 is 1.41. The molecule has 1 heterocycles. The van der Waals surface area contributed by atoms with E-state index in [0.717, 1.165) is 0 Å². The van der Waals surface area contributed by atoms with Crippen LogP contribution in [-0.2, 0) is 22.7 Å². The third-order valence-corrected chi connectivity index (χ3v) is 1.57. The first-order valence-electron chi connectivity index (χ1n) is 4.96. The highest BCUT2D eigenvalue weighted by molar-refractivity contribution is 5.74. The van der Waals surface area contributed by atoms with Crippen molar-refractivity contribution >= 4 is 5.91 Å². The lowest BCUT2D eigenvalue weighted by Gasteiger charge is -2.18. The number of amides is 1. The summed E-state index contributed by atoms with van der Waals surface area (Å²) >= 11 is 0. The topological polar surface area (TPSA) is 95.1 Å². The fourth-order valence-corrected chi connectivity index (χ4v) is 0.899. The van der Waals surface area contributed by atoms with Gasteiger partial charge in [0.25, 0.3) is 5.91 Å². The first-order chi connectivity index (χ1) is 7.40. The molecule has 7 heteroatoms. The fraction of sp³-hybridized carbons (Fsp3) is 0.667. The van der Waals surface area contributed by atoms with Crippen LogP contribution in [0.3, 0.4) is 0 Å². The van der Waals surface area contributed by atoms with Crippen LogP contribution >= 0.6 is 0 Å². The average molecular weight is 227 g/mol. The molecular formula is C9H17N5O2. The molecule has 0 aromatic carbocycles. The molecule has 0 aliphatic heterocycles. The zero-order valence-corrected chi connectivity index (χ0v) is 9.73. The van der Waals surface area contributed by atoms with Crippen LogP contribution in [0.5, 0.6) is 0 Å². The molecule has 16 heavy (non-hydrogen) atoms. The van der Waals surface area contributed by atoms with Crippen LogP contribution < -0.4 is 11.2 Å². The van der Waals surface area contributed by atoms with E-state index in [-0.39, 0.29) is 12.5 Å². The van der Waals surface area contributed by atoms with Gasteiger partial charge in [-0.1, -0.05) is 5.21 Å². The summed E-state index contributed by atoms with van der Waals surface area (Å²) in [6.07, 6.45) is 1.62. The third kappa shape index (κ3) is 4.37. The number of nitrogens with two attached hydrogens (primary N) is 1. The Morgan fingerprint density at radius 1 is 1.62 bits per heavy atom. The molecule has 3 N–H and O–H groups in total.